The maximum absolute atomic E-state index is 12.7. The average Bonchev–Trinajstić information content (AvgIpc) is 3.33. The van der Waals surface area contributed by atoms with Crippen molar-refractivity contribution in [2.75, 3.05) is 27.3 Å². The van der Waals surface area contributed by atoms with Gasteiger partial charge in [0.25, 0.3) is 0 Å². The van der Waals surface area contributed by atoms with Gasteiger partial charge < -0.3 is 18.8 Å². The second kappa shape index (κ2) is 10.2. The first-order valence-electron chi connectivity index (χ1n) is 11.5. The van der Waals surface area contributed by atoms with E-state index < -0.39 is 6.03 Å². The Morgan fingerprint density at radius 3 is 2.21 bits per heavy atom. The van der Waals surface area contributed by atoms with E-state index in [0.29, 0.717) is 24.7 Å². The third-order valence-corrected chi connectivity index (χ3v) is 6.09. The number of benzene rings is 2. The van der Waals surface area contributed by atoms with E-state index in [1.807, 2.05) is 48.5 Å². The van der Waals surface area contributed by atoms with Crippen LogP contribution in [0.4, 0.5) is 4.79 Å². The zero-order chi connectivity index (χ0) is 24.2. The molecule has 3 aromatic rings. The second-order valence-electron chi connectivity index (χ2n) is 8.69. The fourth-order valence-electron chi connectivity index (χ4n) is 4.11. The van der Waals surface area contributed by atoms with E-state index in [-0.39, 0.29) is 12.0 Å². The van der Waals surface area contributed by atoms with Crippen LogP contribution in [-0.2, 0) is 0 Å². The fraction of sp³-hybridized carbons (Fsp3) is 0.385. The Kier molecular flexibility index (Phi) is 7.07. The van der Waals surface area contributed by atoms with Gasteiger partial charge in [0, 0.05) is 24.2 Å². The summed E-state index contributed by atoms with van der Waals surface area (Å²) in [5.41, 5.74) is 2.53. The highest BCUT2D eigenvalue weighted by Gasteiger charge is 2.32. The zero-order valence-electron chi connectivity index (χ0n) is 20.0. The van der Waals surface area contributed by atoms with E-state index in [9.17, 15) is 10.0 Å². The number of aromatic nitrogens is 1. The summed E-state index contributed by atoms with van der Waals surface area (Å²) in [6.45, 7) is 4.58. The number of amides is 2. The van der Waals surface area contributed by atoms with Crippen LogP contribution in [0.15, 0.2) is 52.9 Å². The molecule has 1 fully saturated rings. The molecule has 1 N–H and O–H groups in total. The van der Waals surface area contributed by atoms with Gasteiger partial charge in [-0.2, -0.15) is 0 Å². The van der Waals surface area contributed by atoms with Crippen LogP contribution in [0.2, 0.25) is 0 Å². The predicted octanol–water partition coefficient (Wildman–Crippen LogP) is 5.42. The Hall–Kier alpha value is -3.52. The van der Waals surface area contributed by atoms with Gasteiger partial charge in [-0.1, -0.05) is 0 Å². The van der Waals surface area contributed by atoms with Crippen LogP contribution in [-0.4, -0.2) is 59.5 Å². The van der Waals surface area contributed by atoms with Crippen LogP contribution in [0.5, 0.6) is 11.5 Å². The lowest BCUT2D eigenvalue weighted by Crippen LogP contribution is -2.48. The minimum atomic E-state index is -0.392. The van der Waals surface area contributed by atoms with Gasteiger partial charge >= 0.3 is 6.03 Å². The molecule has 8 nitrogen and oxygen atoms in total. The van der Waals surface area contributed by atoms with Crippen molar-refractivity contribution in [3.63, 3.8) is 0 Å². The molecular weight excluding hydrogens is 434 g/mol. The first-order chi connectivity index (χ1) is 16.4. The standard InChI is InChI=1S/C26H31N3O5/c1-17(2)29(31)26(30)28-15-5-6-20(16-28)25-27-23(18-7-11-21(32-3)12-8-18)24(34-25)19-9-13-22(33-4)14-10-19/h7-14,17,20,31H,5-6,15-16H2,1-4H3. The molecule has 0 aliphatic carbocycles. The summed E-state index contributed by atoms with van der Waals surface area (Å²) in [5.74, 6) is 2.70. The number of rotatable bonds is 6. The van der Waals surface area contributed by atoms with Crippen molar-refractivity contribution in [3.8, 4) is 34.1 Å². The van der Waals surface area contributed by atoms with Crippen molar-refractivity contribution in [2.45, 2.75) is 38.6 Å². The largest absolute Gasteiger partial charge is 0.497 e. The Morgan fingerprint density at radius 1 is 1.06 bits per heavy atom. The smallest absolute Gasteiger partial charge is 0.343 e. The number of piperidine rings is 1. The number of oxazole rings is 1. The number of ether oxygens (including phenoxy) is 2. The Balaban J connectivity index is 1.68. The summed E-state index contributed by atoms with van der Waals surface area (Å²) in [6.07, 6.45) is 1.65. The van der Waals surface area contributed by atoms with E-state index in [1.165, 1.54) is 0 Å². The number of methoxy groups -OCH3 is 2. The van der Waals surface area contributed by atoms with Gasteiger partial charge in [-0.05, 0) is 75.2 Å². The summed E-state index contributed by atoms with van der Waals surface area (Å²) >= 11 is 0. The highest BCUT2D eigenvalue weighted by atomic mass is 16.5. The van der Waals surface area contributed by atoms with Gasteiger partial charge in [0.05, 0.1) is 26.2 Å². The lowest BCUT2D eigenvalue weighted by atomic mass is 9.98. The first-order valence-corrected chi connectivity index (χ1v) is 11.5. The maximum Gasteiger partial charge on any atom is 0.343 e. The van der Waals surface area contributed by atoms with Crippen LogP contribution >= 0.6 is 0 Å². The summed E-state index contributed by atoms with van der Waals surface area (Å²) in [5, 5.41) is 10.9. The number of carbonyl (C=O) groups is 1. The van der Waals surface area contributed by atoms with Crippen molar-refractivity contribution < 1.29 is 23.9 Å². The molecule has 1 unspecified atom stereocenters. The lowest BCUT2D eigenvalue weighted by Gasteiger charge is -2.34. The van der Waals surface area contributed by atoms with Crippen LogP contribution in [0.3, 0.4) is 0 Å². The second-order valence-corrected chi connectivity index (χ2v) is 8.69. The van der Waals surface area contributed by atoms with Crippen molar-refractivity contribution >= 4 is 6.03 Å². The molecule has 1 aliphatic heterocycles. The quantitative estimate of drug-likeness (QED) is 0.386. The number of likely N-dealkylation sites (tertiary alicyclic amines) is 1. The van der Waals surface area contributed by atoms with Gasteiger partial charge in [-0.15, -0.1) is 0 Å². The van der Waals surface area contributed by atoms with Crippen molar-refractivity contribution in [3.05, 3.63) is 54.4 Å². The number of hydrogen-bond acceptors (Lipinski definition) is 6. The molecule has 0 spiro atoms. The van der Waals surface area contributed by atoms with Crippen LogP contribution in [0.25, 0.3) is 22.6 Å². The molecule has 1 aliphatic rings. The van der Waals surface area contributed by atoms with Gasteiger partial charge in [0.15, 0.2) is 11.7 Å². The molecule has 1 atom stereocenters. The molecule has 180 valence electrons. The molecule has 1 saturated heterocycles. The number of hydroxylamine groups is 2. The number of urea groups is 1. The van der Waals surface area contributed by atoms with Crippen molar-refractivity contribution in [2.24, 2.45) is 0 Å². The summed E-state index contributed by atoms with van der Waals surface area (Å²) < 4.78 is 17.0. The Morgan fingerprint density at radius 2 is 1.65 bits per heavy atom. The first kappa shape index (κ1) is 23.6. The highest BCUT2D eigenvalue weighted by Crippen LogP contribution is 2.38. The van der Waals surface area contributed by atoms with Crippen LogP contribution < -0.4 is 9.47 Å². The van der Waals surface area contributed by atoms with Crippen LogP contribution in [0.1, 0.15) is 38.5 Å². The van der Waals surface area contributed by atoms with Crippen molar-refractivity contribution in [1.82, 2.24) is 14.9 Å². The molecule has 1 aromatic heterocycles. The average molecular weight is 466 g/mol. The number of carbonyl (C=O) groups excluding carboxylic acids is 1. The Bertz CT molecular complexity index is 1040. The molecule has 0 bridgehead atoms. The summed E-state index contributed by atoms with van der Waals surface area (Å²) in [7, 11) is 3.27. The zero-order valence-corrected chi connectivity index (χ0v) is 20.0. The van der Waals surface area contributed by atoms with E-state index >= 15 is 0 Å². The SMILES string of the molecule is COc1ccc(-c2nc(C3CCCN(C(=O)N(O)C(C)C)C3)oc2-c2ccc(OC)cc2)cc1. The highest BCUT2D eigenvalue weighted by molar-refractivity contribution is 5.77. The van der Waals surface area contributed by atoms with Gasteiger partial charge in [-0.25, -0.2) is 14.8 Å². The molecule has 2 heterocycles. The van der Waals surface area contributed by atoms with Gasteiger partial charge in [0.2, 0.25) is 0 Å². The minimum Gasteiger partial charge on any atom is -0.497 e. The molecule has 0 radical (unpaired) electrons. The third-order valence-electron chi connectivity index (χ3n) is 6.09. The predicted molar refractivity (Wildman–Crippen MR) is 128 cm³/mol. The third kappa shape index (κ3) is 4.87. The monoisotopic (exact) mass is 465 g/mol. The fourth-order valence-corrected chi connectivity index (χ4v) is 4.11. The Labute approximate surface area is 199 Å². The summed E-state index contributed by atoms with van der Waals surface area (Å²) in [4.78, 5) is 19.2. The number of hydrogen-bond donors (Lipinski definition) is 1. The summed E-state index contributed by atoms with van der Waals surface area (Å²) in [6, 6.07) is 14.7. The minimum absolute atomic E-state index is 0.0674. The topological polar surface area (TPSA) is 88.3 Å². The molecular formula is C26H31N3O5. The van der Waals surface area contributed by atoms with E-state index in [0.717, 1.165) is 46.2 Å². The molecule has 34 heavy (non-hydrogen) atoms. The van der Waals surface area contributed by atoms with E-state index in [2.05, 4.69) is 0 Å². The molecule has 0 saturated carbocycles. The van der Waals surface area contributed by atoms with Gasteiger partial charge in [0.1, 0.15) is 17.2 Å². The van der Waals surface area contributed by atoms with Gasteiger partial charge in [-0.3, -0.25) is 5.21 Å². The molecule has 2 aromatic carbocycles. The van der Waals surface area contributed by atoms with E-state index in [4.69, 9.17) is 18.9 Å². The maximum atomic E-state index is 12.7. The molecule has 2 amide bonds. The normalized spacial score (nSPS) is 15.9. The van der Waals surface area contributed by atoms with E-state index in [1.54, 1.807) is 33.0 Å². The molecule has 8 heteroatoms. The molecule has 4 rings (SSSR count). The number of nitrogens with zero attached hydrogens (tertiary/aromatic N) is 3. The van der Waals surface area contributed by atoms with Crippen molar-refractivity contribution in [1.29, 1.82) is 0 Å². The lowest BCUT2D eigenvalue weighted by molar-refractivity contribution is -0.0817. The van der Waals surface area contributed by atoms with Crippen LogP contribution in [0, 0.1) is 0 Å².